The fourth-order valence-electron chi connectivity index (χ4n) is 3.64. The van der Waals surface area contributed by atoms with Gasteiger partial charge in [0, 0.05) is 11.1 Å². The number of benzene rings is 2. The van der Waals surface area contributed by atoms with Crippen LogP contribution in [0.3, 0.4) is 0 Å². The van der Waals surface area contributed by atoms with Crippen LogP contribution in [0.25, 0.3) is 33.3 Å². The fraction of sp³-hybridized carbons (Fsp3) is 0.217. The number of alkyl halides is 2. The molecule has 0 aliphatic heterocycles. The molecule has 1 saturated carbocycles. The average Bonchev–Trinajstić information content (AvgIpc) is 3.51. The molecule has 5 rings (SSSR count). The Morgan fingerprint density at radius 3 is 2.61 bits per heavy atom. The minimum atomic E-state index is -2.95. The number of H-pyrrole nitrogens is 2. The second-order valence-corrected chi connectivity index (χ2v) is 7.52. The van der Waals surface area contributed by atoms with E-state index in [1.54, 1.807) is 18.3 Å². The topological polar surface area (TPSA) is 80.0 Å². The van der Waals surface area contributed by atoms with Crippen LogP contribution in [-0.2, 0) is 0 Å². The van der Waals surface area contributed by atoms with E-state index in [9.17, 15) is 13.6 Å². The molecule has 0 saturated heterocycles. The van der Waals surface area contributed by atoms with Gasteiger partial charge in [-0.15, -0.1) is 0 Å². The molecule has 2 N–H and O–H groups in total. The van der Waals surface area contributed by atoms with Gasteiger partial charge in [-0.1, -0.05) is 30.3 Å². The third kappa shape index (κ3) is 3.88. The van der Waals surface area contributed by atoms with Gasteiger partial charge in [-0.2, -0.15) is 13.9 Å². The lowest BCUT2D eigenvalue weighted by Crippen LogP contribution is -2.07. The molecule has 31 heavy (non-hydrogen) atoms. The summed E-state index contributed by atoms with van der Waals surface area (Å²) in [6.07, 6.45) is 3.69. The maximum Gasteiger partial charge on any atom is 0.387 e. The second-order valence-electron chi connectivity index (χ2n) is 7.52. The Hall–Kier alpha value is -3.68. The number of ether oxygens (including phenoxy) is 2. The molecule has 1 aliphatic carbocycles. The lowest BCUT2D eigenvalue weighted by Gasteiger charge is -2.14. The number of aromatic nitrogens is 3. The van der Waals surface area contributed by atoms with Gasteiger partial charge in [0.25, 0.3) is 5.56 Å². The number of fused-ring (bicyclic) bond motifs is 1. The van der Waals surface area contributed by atoms with Crippen LogP contribution in [-0.4, -0.2) is 28.4 Å². The number of hydrogen-bond acceptors (Lipinski definition) is 4. The molecule has 8 heteroatoms. The molecule has 0 atom stereocenters. The number of halogens is 2. The van der Waals surface area contributed by atoms with Crippen LogP contribution in [0.4, 0.5) is 8.78 Å². The van der Waals surface area contributed by atoms with E-state index >= 15 is 0 Å². The highest BCUT2D eigenvalue weighted by molar-refractivity contribution is 6.03. The minimum absolute atomic E-state index is 0.0173. The first-order chi connectivity index (χ1) is 15.1. The normalized spacial score (nSPS) is 13.6. The molecule has 6 nitrogen and oxygen atoms in total. The zero-order valence-corrected chi connectivity index (χ0v) is 16.4. The molecule has 2 heterocycles. The van der Waals surface area contributed by atoms with Crippen molar-refractivity contribution in [2.45, 2.75) is 19.5 Å². The lowest BCUT2D eigenvalue weighted by molar-refractivity contribution is -0.0515. The van der Waals surface area contributed by atoms with Crippen LogP contribution in [0.1, 0.15) is 12.8 Å². The maximum absolute atomic E-state index is 12.9. The standard InChI is InChI=1S/C23H19F2N3O3/c24-23(25)31-17-9-8-15(10-18(17)30-12-13-6-7-13)21-19(14-4-2-1-3-5-14)20-16(27-21)11-26-28-22(20)29/h1-5,8-11,13,23,27H,6-7,12H2,(H,28,29). The summed E-state index contributed by atoms with van der Waals surface area (Å²) in [5, 5.41) is 6.83. The first-order valence-corrected chi connectivity index (χ1v) is 9.97. The molecule has 0 radical (unpaired) electrons. The van der Waals surface area contributed by atoms with Crippen molar-refractivity contribution in [2.75, 3.05) is 6.61 Å². The molecular weight excluding hydrogens is 404 g/mol. The summed E-state index contributed by atoms with van der Waals surface area (Å²) >= 11 is 0. The van der Waals surface area contributed by atoms with E-state index in [-0.39, 0.29) is 17.1 Å². The van der Waals surface area contributed by atoms with Crippen molar-refractivity contribution in [1.82, 2.24) is 15.2 Å². The first-order valence-electron chi connectivity index (χ1n) is 9.97. The predicted molar refractivity (Wildman–Crippen MR) is 112 cm³/mol. The Kier molecular flexibility index (Phi) is 4.89. The van der Waals surface area contributed by atoms with Gasteiger partial charge in [0.2, 0.25) is 0 Å². The highest BCUT2D eigenvalue weighted by atomic mass is 19.3. The van der Waals surface area contributed by atoms with Crippen LogP contribution >= 0.6 is 0 Å². The Balaban J connectivity index is 1.67. The third-order valence-electron chi connectivity index (χ3n) is 5.30. The van der Waals surface area contributed by atoms with E-state index in [2.05, 4.69) is 19.9 Å². The van der Waals surface area contributed by atoms with Gasteiger partial charge >= 0.3 is 6.61 Å². The summed E-state index contributed by atoms with van der Waals surface area (Å²) in [5.74, 6) is 0.673. The van der Waals surface area contributed by atoms with E-state index in [1.807, 2.05) is 30.3 Å². The van der Waals surface area contributed by atoms with Crippen molar-refractivity contribution >= 4 is 10.9 Å². The van der Waals surface area contributed by atoms with E-state index in [0.29, 0.717) is 40.2 Å². The minimum Gasteiger partial charge on any atom is -0.489 e. The smallest absolute Gasteiger partial charge is 0.387 e. The van der Waals surface area contributed by atoms with Crippen LogP contribution in [0.15, 0.2) is 59.5 Å². The zero-order chi connectivity index (χ0) is 21.4. The number of hydrogen-bond donors (Lipinski definition) is 2. The summed E-state index contributed by atoms with van der Waals surface area (Å²) < 4.78 is 36.2. The van der Waals surface area contributed by atoms with Crippen LogP contribution < -0.4 is 15.0 Å². The van der Waals surface area contributed by atoms with E-state index < -0.39 is 6.61 Å². The molecule has 0 unspecified atom stereocenters. The van der Waals surface area contributed by atoms with Gasteiger partial charge in [0.1, 0.15) is 0 Å². The lowest BCUT2D eigenvalue weighted by atomic mass is 9.99. The monoisotopic (exact) mass is 423 g/mol. The summed E-state index contributed by atoms with van der Waals surface area (Å²) in [6, 6.07) is 14.3. The quantitative estimate of drug-likeness (QED) is 0.440. The number of aromatic amines is 2. The van der Waals surface area contributed by atoms with Gasteiger partial charge in [-0.25, -0.2) is 5.10 Å². The average molecular weight is 423 g/mol. The maximum atomic E-state index is 12.9. The molecule has 2 aromatic heterocycles. The van der Waals surface area contributed by atoms with Crippen molar-refractivity contribution in [1.29, 1.82) is 0 Å². The Morgan fingerprint density at radius 1 is 1.06 bits per heavy atom. The van der Waals surface area contributed by atoms with Crippen LogP contribution in [0, 0.1) is 5.92 Å². The van der Waals surface area contributed by atoms with Crippen LogP contribution in [0.5, 0.6) is 11.5 Å². The molecule has 2 aromatic carbocycles. The molecule has 0 amide bonds. The van der Waals surface area contributed by atoms with E-state index in [1.165, 1.54) is 6.07 Å². The van der Waals surface area contributed by atoms with Gasteiger partial charge in [-0.05, 0) is 42.5 Å². The van der Waals surface area contributed by atoms with Crippen molar-refractivity contribution in [2.24, 2.45) is 5.92 Å². The molecule has 1 aliphatic rings. The number of nitrogens with zero attached hydrogens (tertiary/aromatic N) is 1. The molecule has 1 fully saturated rings. The highest BCUT2D eigenvalue weighted by Gasteiger charge is 2.24. The Labute approximate surface area is 175 Å². The Bertz CT molecular complexity index is 1280. The summed E-state index contributed by atoms with van der Waals surface area (Å²) in [4.78, 5) is 15.8. The summed E-state index contributed by atoms with van der Waals surface area (Å²) in [5.41, 5.74) is 3.15. The van der Waals surface area contributed by atoms with Crippen molar-refractivity contribution in [3.8, 4) is 33.9 Å². The molecule has 0 bridgehead atoms. The number of nitrogens with one attached hydrogen (secondary N) is 2. The van der Waals surface area contributed by atoms with Gasteiger partial charge < -0.3 is 14.5 Å². The van der Waals surface area contributed by atoms with Crippen molar-refractivity contribution in [3.63, 3.8) is 0 Å². The van der Waals surface area contributed by atoms with E-state index in [0.717, 1.165) is 18.4 Å². The highest BCUT2D eigenvalue weighted by Crippen LogP contribution is 2.41. The molecular formula is C23H19F2N3O3. The zero-order valence-electron chi connectivity index (χ0n) is 16.4. The molecule has 4 aromatic rings. The Morgan fingerprint density at radius 2 is 1.87 bits per heavy atom. The van der Waals surface area contributed by atoms with Gasteiger partial charge in [0.15, 0.2) is 11.5 Å². The van der Waals surface area contributed by atoms with Crippen molar-refractivity contribution < 1.29 is 18.3 Å². The first kappa shape index (κ1) is 19.3. The number of rotatable bonds is 7. The molecule has 158 valence electrons. The second kappa shape index (κ2) is 7.86. The van der Waals surface area contributed by atoms with E-state index in [4.69, 9.17) is 4.74 Å². The third-order valence-corrected chi connectivity index (χ3v) is 5.30. The fourth-order valence-corrected chi connectivity index (χ4v) is 3.64. The largest absolute Gasteiger partial charge is 0.489 e. The summed E-state index contributed by atoms with van der Waals surface area (Å²) in [6.45, 7) is -2.50. The van der Waals surface area contributed by atoms with Crippen molar-refractivity contribution in [3.05, 3.63) is 65.1 Å². The SMILES string of the molecule is O=c1[nH]ncc2[nH]c(-c3ccc(OC(F)F)c(OCC4CC4)c3)c(-c3ccccc3)c12. The predicted octanol–water partition coefficient (Wildman–Crippen LogP) is 4.98. The van der Waals surface area contributed by atoms with Crippen LogP contribution in [0.2, 0.25) is 0 Å². The van der Waals surface area contributed by atoms with Gasteiger partial charge in [0.05, 0.1) is 29.4 Å². The van der Waals surface area contributed by atoms with Gasteiger partial charge in [-0.3, -0.25) is 4.79 Å². The summed E-state index contributed by atoms with van der Waals surface area (Å²) in [7, 11) is 0. The molecule has 0 spiro atoms.